The summed E-state index contributed by atoms with van der Waals surface area (Å²) in [5.41, 5.74) is 2.03. The van der Waals surface area contributed by atoms with Gasteiger partial charge in [-0.3, -0.25) is 0 Å². The lowest BCUT2D eigenvalue weighted by atomic mass is 10.4. The highest BCUT2D eigenvalue weighted by molar-refractivity contribution is 5.39. The van der Waals surface area contributed by atoms with E-state index in [1.54, 1.807) is 0 Å². The predicted octanol–water partition coefficient (Wildman–Crippen LogP) is 2.08. The summed E-state index contributed by atoms with van der Waals surface area (Å²) in [4.78, 5) is 9.02. The van der Waals surface area contributed by atoms with Gasteiger partial charge in [0.2, 0.25) is 0 Å². The third-order valence-corrected chi connectivity index (χ3v) is 3.26. The number of pyridine rings is 1. The first-order valence-electron chi connectivity index (χ1n) is 7.00. The first-order chi connectivity index (χ1) is 9.86. The second-order valence-corrected chi connectivity index (χ2v) is 4.85. The van der Waals surface area contributed by atoms with Crippen LogP contribution in [-0.2, 0) is 13.1 Å². The molecule has 3 aromatic heterocycles. The summed E-state index contributed by atoms with van der Waals surface area (Å²) in [6.07, 6.45) is 9.07. The molecule has 0 amide bonds. The van der Waals surface area contributed by atoms with Crippen LogP contribution in [0.2, 0.25) is 0 Å². The fourth-order valence-corrected chi connectivity index (χ4v) is 2.27. The van der Waals surface area contributed by atoms with Crippen LogP contribution in [-0.4, -0.2) is 25.5 Å². The molecule has 0 aliphatic carbocycles. The molecule has 0 spiro atoms. The van der Waals surface area contributed by atoms with Crippen LogP contribution in [0.15, 0.2) is 43.0 Å². The molecule has 0 bridgehead atoms. The second-order valence-electron chi connectivity index (χ2n) is 4.85. The van der Waals surface area contributed by atoms with Crippen LogP contribution in [0.25, 0.3) is 5.65 Å². The Kier molecular flexibility index (Phi) is 3.78. The zero-order chi connectivity index (χ0) is 13.8. The van der Waals surface area contributed by atoms with Gasteiger partial charge in [-0.15, -0.1) is 0 Å². The minimum atomic E-state index is 0.755. The zero-order valence-electron chi connectivity index (χ0n) is 11.7. The van der Waals surface area contributed by atoms with Gasteiger partial charge in [0.1, 0.15) is 11.5 Å². The summed E-state index contributed by atoms with van der Waals surface area (Å²) in [6, 6.07) is 6.03. The van der Waals surface area contributed by atoms with Gasteiger partial charge in [-0.05, 0) is 25.1 Å². The highest BCUT2D eigenvalue weighted by Gasteiger charge is 2.06. The van der Waals surface area contributed by atoms with Gasteiger partial charge in [-0.2, -0.15) is 0 Å². The molecule has 0 unspecified atom stereocenters. The lowest BCUT2D eigenvalue weighted by molar-refractivity contribution is 0.613. The van der Waals surface area contributed by atoms with Crippen molar-refractivity contribution in [2.75, 3.05) is 6.54 Å². The van der Waals surface area contributed by atoms with E-state index in [0.29, 0.717) is 0 Å². The Labute approximate surface area is 118 Å². The molecule has 0 aromatic carbocycles. The van der Waals surface area contributed by atoms with E-state index in [1.165, 1.54) is 0 Å². The maximum absolute atomic E-state index is 4.62. The van der Waals surface area contributed by atoms with Crippen LogP contribution in [0.3, 0.4) is 0 Å². The molecular weight excluding hydrogens is 250 g/mol. The lowest BCUT2D eigenvalue weighted by Crippen LogP contribution is -2.18. The molecule has 5 nitrogen and oxygen atoms in total. The van der Waals surface area contributed by atoms with Crippen molar-refractivity contribution in [2.45, 2.75) is 26.4 Å². The number of aromatic nitrogens is 4. The van der Waals surface area contributed by atoms with Crippen molar-refractivity contribution in [3.05, 3.63) is 54.5 Å². The Balaban J connectivity index is 1.75. The fourth-order valence-electron chi connectivity index (χ4n) is 2.27. The minimum absolute atomic E-state index is 0.755. The van der Waals surface area contributed by atoms with Gasteiger partial charge in [0.05, 0.1) is 18.8 Å². The summed E-state index contributed by atoms with van der Waals surface area (Å²) in [5.74, 6) is 1.05. The smallest absolute Gasteiger partial charge is 0.137 e. The summed E-state index contributed by atoms with van der Waals surface area (Å²) in [7, 11) is 0. The summed E-state index contributed by atoms with van der Waals surface area (Å²) in [6.45, 7) is 4.73. The van der Waals surface area contributed by atoms with Crippen LogP contribution < -0.4 is 5.32 Å². The number of nitrogens with zero attached hydrogens (tertiary/aromatic N) is 4. The van der Waals surface area contributed by atoms with E-state index in [4.69, 9.17) is 0 Å². The molecule has 0 fully saturated rings. The monoisotopic (exact) mass is 269 g/mol. The van der Waals surface area contributed by atoms with Crippen molar-refractivity contribution in [1.82, 2.24) is 24.3 Å². The average molecular weight is 269 g/mol. The van der Waals surface area contributed by atoms with E-state index in [0.717, 1.165) is 43.2 Å². The molecule has 0 saturated carbocycles. The number of nitrogens with one attached hydrogen (secondary N) is 1. The van der Waals surface area contributed by atoms with Gasteiger partial charge in [0.15, 0.2) is 0 Å². The zero-order valence-corrected chi connectivity index (χ0v) is 11.7. The summed E-state index contributed by atoms with van der Waals surface area (Å²) in [5, 5.41) is 3.38. The van der Waals surface area contributed by atoms with Crippen LogP contribution in [0.4, 0.5) is 0 Å². The SMILES string of the molecule is CCCNCc1nccn1Cc1cn2ccccc2n1. The molecule has 0 atom stereocenters. The Morgan fingerprint density at radius 1 is 1.25 bits per heavy atom. The van der Waals surface area contributed by atoms with E-state index in [1.807, 2.05) is 41.2 Å². The topological polar surface area (TPSA) is 47.2 Å². The van der Waals surface area contributed by atoms with Gasteiger partial charge in [-0.25, -0.2) is 9.97 Å². The molecule has 0 aliphatic heterocycles. The number of rotatable bonds is 6. The normalized spacial score (nSPS) is 11.2. The average Bonchev–Trinajstić information content (AvgIpc) is 3.06. The van der Waals surface area contributed by atoms with E-state index in [2.05, 4.69) is 33.0 Å². The number of fused-ring (bicyclic) bond motifs is 1. The van der Waals surface area contributed by atoms with Crippen molar-refractivity contribution < 1.29 is 0 Å². The third-order valence-electron chi connectivity index (χ3n) is 3.26. The first-order valence-corrected chi connectivity index (χ1v) is 7.00. The number of imidazole rings is 2. The molecule has 0 radical (unpaired) electrons. The van der Waals surface area contributed by atoms with Crippen molar-refractivity contribution in [1.29, 1.82) is 0 Å². The Morgan fingerprint density at radius 2 is 2.20 bits per heavy atom. The van der Waals surface area contributed by atoms with Gasteiger partial charge in [0, 0.05) is 24.8 Å². The van der Waals surface area contributed by atoms with Gasteiger partial charge in [-0.1, -0.05) is 13.0 Å². The summed E-state index contributed by atoms with van der Waals surface area (Å²) >= 11 is 0. The molecule has 3 aromatic rings. The van der Waals surface area contributed by atoms with Crippen LogP contribution in [0, 0.1) is 0 Å². The molecule has 3 heterocycles. The van der Waals surface area contributed by atoms with Crippen LogP contribution >= 0.6 is 0 Å². The van der Waals surface area contributed by atoms with Gasteiger partial charge >= 0.3 is 0 Å². The van der Waals surface area contributed by atoms with Gasteiger partial charge in [0.25, 0.3) is 0 Å². The largest absolute Gasteiger partial charge is 0.328 e. The second kappa shape index (κ2) is 5.88. The maximum atomic E-state index is 4.62. The number of hydrogen-bond donors (Lipinski definition) is 1. The predicted molar refractivity (Wildman–Crippen MR) is 78.5 cm³/mol. The quantitative estimate of drug-likeness (QED) is 0.697. The van der Waals surface area contributed by atoms with Crippen molar-refractivity contribution in [3.63, 3.8) is 0 Å². The molecule has 1 N–H and O–H groups in total. The molecule has 5 heteroatoms. The summed E-state index contributed by atoms with van der Waals surface area (Å²) < 4.78 is 4.19. The fraction of sp³-hybridized carbons (Fsp3) is 0.333. The molecule has 104 valence electrons. The highest BCUT2D eigenvalue weighted by atomic mass is 15.1. The standard InChI is InChI=1S/C15H19N5/c1-2-6-16-10-15-17-7-9-20(15)12-13-11-19-8-4-3-5-14(19)18-13/h3-5,7-9,11,16H,2,6,10,12H2,1H3. The molecule has 20 heavy (non-hydrogen) atoms. The third kappa shape index (κ3) is 2.72. The maximum Gasteiger partial charge on any atom is 0.137 e. The van der Waals surface area contributed by atoms with Crippen molar-refractivity contribution >= 4 is 5.65 Å². The van der Waals surface area contributed by atoms with E-state index < -0.39 is 0 Å². The highest BCUT2D eigenvalue weighted by Crippen LogP contribution is 2.08. The van der Waals surface area contributed by atoms with E-state index in [-0.39, 0.29) is 0 Å². The molecule has 0 saturated heterocycles. The lowest BCUT2D eigenvalue weighted by Gasteiger charge is -2.06. The Morgan fingerprint density at radius 3 is 3.05 bits per heavy atom. The number of hydrogen-bond acceptors (Lipinski definition) is 3. The molecular formula is C15H19N5. The van der Waals surface area contributed by atoms with E-state index in [9.17, 15) is 0 Å². The molecule has 3 rings (SSSR count). The molecule has 0 aliphatic rings. The van der Waals surface area contributed by atoms with Crippen LogP contribution in [0.1, 0.15) is 24.9 Å². The van der Waals surface area contributed by atoms with Crippen molar-refractivity contribution in [2.24, 2.45) is 0 Å². The van der Waals surface area contributed by atoms with Gasteiger partial charge < -0.3 is 14.3 Å². The first kappa shape index (κ1) is 12.9. The van der Waals surface area contributed by atoms with Crippen LogP contribution in [0.5, 0.6) is 0 Å². The Bertz CT molecular complexity index is 649. The van der Waals surface area contributed by atoms with E-state index >= 15 is 0 Å². The van der Waals surface area contributed by atoms with Crippen molar-refractivity contribution in [3.8, 4) is 0 Å². The minimum Gasteiger partial charge on any atom is -0.328 e. The Hall–Kier alpha value is -2.14.